The number of hydrogen-bond acceptors (Lipinski definition) is 2. The van der Waals surface area contributed by atoms with Crippen LogP contribution in [0.15, 0.2) is 35.3 Å². The van der Waals surface area contributed by atoms with Gasteiger partial charge < -0.3 is 5.84 Å². The molecular formula is C12H16N2O. The van der Waals surface area contributed by atoms with Crippen molar-refractivity contribution in [1.82, 2.24) is 4.68 Å². The summed E-state index contributed by atoms with van der Waals surface area (Å²) in [4.78, 5) is 11.6. The summed E-state index contributed by atoms with van der Waals surface area (Å²) in [7, 11) is 0. The van der Waals surface area contributed by atoms with E-state index in [-0.39, 0.29) is 5.56 Å². The molecule has 15 heavy (non-hydrogen) atoms. The monoisotopic (exact) mass is 204 g/mol. The van der Waals surface area contributed by atoms with Gasteiger partial charge in [0.2, 0.25) is 0 Å². The Morgan fingerprint density at radius 2 is 1.87 bits per heavy atom. The summed E-state index contributed by atoms with van der Waals surface area (Å²) < 4.78 is 1.11. The van der Waals surface area contributed by atoms with Crippen molar-refractivity contribution in [1.29, 1.82) is 0 Å². The van der Waals surface area contributed by atoms with E-state index in [1.165, 1.54) is 0 Å². The zero-order chi connectivity index (χ0) is 11.4. The molecule has 2 N–H and O–H groups in total. The first kappa shape index (κ1) is 11.3. The van der Waals surface area contributed by atoms with Gasteiger partial charge in [0.05, 0.1) is 5.39 Å². The van der Waals surface area contributed by atoms with Gasteiger partial charge in [-0.05, 0) is 23.9 Å². The second-order valence-corrected chi connectivity index (χ2v) is 3.07. The molecule has 0 saturated heterocycles. The number of pyridine rings is 1. The third-order valence-electron chi connectivity index (χ3n) is 2.17. The summed E-state index contributed by atoms with van der Waals surface area (Å²) in [5, 5.41) is 1.64. The van der Waals surface area contributed by atoms with E-state index >= 15 is 0 Å². The minimum Gasteiger partial charge on any atom is -0.336 e. The van der Waals surface area contributed by atoms with E-state index in [0.717, 1.165) is 15.6 Å². The molecule has 0 spiro atoms. The Balaban J connectivity index is 0.000000531. The fourth-order valence-corrected chi connectivity index (χ4v) is 1.48. The third-order valence-corrected chi connectivity index (χ3v) is 2.17. The summed E-state index contributed by atoms with van der Waals surface area (Å²) in [5.74, 6) is 5.46. The lowest BCUT2D eigenvalue weighted by Crippen LogP contribution is -2.26. The maximum absolute atomic E-state index is 11.6. The minimum atomic E-state index is -0.143. The molecule has 0 radical (unpaired) electrons. The first-order valence-corrected chi connectivity index (χ1v) is 5.06. The second kappa shape index (κ2) is 4.64. The maximum Gasteiger partial charge on any atom is 0.276 e. The van der Waals surface area contributed by atoms with E-state index in [1.807, 2.05) is 45.0 Å². The van der Waals surface area contributed by atoms with Crippen molar-refractivity contribution >= 4 is 10.8 Å². The Kier molecular flexibility index (Phi) is 3.50. The average Bonchev–Trinajstić information content (AvgIpc) is 2.26. The third kappa shape index (κ3) is 2.01. The van der Waals surface area contributed by atoms with Crippen molar-refractivity contribution in [3.8, 4) is 0 Å². The predicted molar refractivity (Wildman–Crippen MR) is 64.4 cm³/mol. The second-order valence-electron chi connectivity index (χ2n) is 3.07. The van der Waals surface area contributed by atoms with Crippen molar-refractivity contribution < 1.29 is 0 Å². The predicted octanol–water partition coefficient (Wildman–Crippen LogP) is 2.05. The molecule has 0 amide bonds. The fraction of sp³-hybridized carbons (Fsp3) is 0.250. The highest BCUT2D eigenvalue weighted by Crippen LogP contribution is 2.12. The van der Waals surface area contributed by atoms with Crippen molar-refractivity contribution in [2.24, 2.45) is 0 Å². The molecule has 1 aromatic heterocycles. The van der Waals surface area contributed by atoms with Crippen LogP contribution >= 0.6 is 0 Å². The van der Waals surface area contributed by atoms with Crippen LogP contribution in [0.25, 0.3) is 10.8 Å². The van der Waals surface area contributed by atoms with Gasteiger partial charge in [0.25, 0.3) is 5.56 Å². The molecule has 3 nitrogen and oxygen atoms in total. The molecule has 0 aliphatic carbocycles. The van der Waals surface area contributed by atoms with Crippen molar-refractivity contribution in [2.75, 3.05) is 5.84 Å². The van der Waals surface area contributed by atoms with E-state index in [4.69, 9.17) is 5.84 Å². The molecule has 0 aliphatic heterocycles. The molecule has 2 rings (SSSR count). The van der Waals surface area contributed by atoms with Gasteiger partial charge in [0.1, 0.15) is 0 Å². The topological polar surface area (TPSA) is 48.0 Å². The Morgan fingerprint density at radius 1 is 1.20 bits per heavy atom. The van der Waals surface area contributed by atoms with Gasteiger partial charge in [-0.1, -0.05) is 32.0 Å². The van der Waals surface area contributed by atoms with Crippen molar-refractivity contribution in [3.63, 3.8) is 0 Å². The van der Waals surface area contributed by atoms with Crippen LogP contribution in [0.2, 0.25) is 0 Å². The molecule has 0 aliphatic rings. The number of nitrogens with two attached hydrogens (primary N) is 1. The largest absolute Gasteiger partial charge is 0.336 e. The van der Waals surface area contributed by atoms with E-state index < -0.39 is 0 Å². The Hall–Kier alpha value is -1.77. The molecular weight excluding hydrogens is 188 g/mol. The SMILES string of the molecule is CC.Cc1cccc2ccn(N)c(=O)c12. The van der Waals surface area contributed by atoms with Crippen LogP contribution in [-0.2, 0) is 0 Å². The maximum atomic E-state index is 11.6. The fourth-order valence-electron chi connectivity index (χ4n) is 1.48. The summed E-state index contributed by atoms with van der Waals surface area (Å²) in [5.41, 5.74) is 0.818. The van der Waals surface area contributed by atoms with Crippen LogP contribution in [0, 0.1) is 6.92 Å². The highest BCUT2D eigenvalue weighted by atomic mass is 16.1. The van der Waals surface area contributed by atoms with Gasteiger partial charge in [-0.15, -0.1) is 0 Å². The Labute approximate surface area is 89.1 Å². The molecule has 0 atom stereocenters. The molecule has 1 heterocycles. The quantitative estimate of drug-likeness (QED) is 0.668. The van der Waals surface area contributed by atoms with E-state index in [2.05, 4.69) is 0 Å². The smallest absolute Gasteiger partial charge is 0.276 e. The zero-order valence-electron chi connectivity index (χ0n) is 9.32. The minimum absolute atomic E-state index is 0.143. The lowest BCUT2D eigenvalue weighted by Gasteiger charge is -2.02. The van der Waals surface area contributed by atoms with Gasteiger partial charge in [-0.3, -0.25) is 4.79 Å². The number of hydrogen-bond donors (Lipinski definition) is 1. The number of nitrogen functional groups attached to an aromatic ring is 1. The molecule has 1 aromatic carbocycles. The van der Waals surface area contributed by atoms with Gasteiger partial charge in [0, 0.05) is 6.20 Å². The number of benzene rings is 1. The molecule has 0 unspecified atom stereocenters. The van der Waals surface area contributed by atoms with Gasteiger partial charge in [-0.25, -0.2) is 4.68 Å². The number of nitrogens with zero attached hydrogens (tertiary/aromatic N) is 1. The van der Waals surface area contributed by atoms with E-state index in [9.17, 15) is 4.79 Å². The highest BCUT2D eigenvalue weighted by Gasteiger charge is 2.02. The van der Waals surface area contributed by atoms with Crippen molar-refractivity contribution in [3.05, 3.63) is 46.4 Å². The molecule has 0 saturated carbocycles. The Bertz CT molecular complexity index is 515. The number of aryl methyl sites for hydroxylation is 1. The number of fused-ring (bicyclic) bond motifs is 1. The first-order valence-electron chi connectivity index (χ1n) is 5.06. The van der Waals surface area contributed by atoms with Crippen LogP contribution in [0.3, 0.4) is 0 Å². The molecule has 2 aromatic rings. The van der Waals surface area contributed by atoms with Crippen molar-refractivity contribution in [2.45, 2.75) is 20.8 Å². The summed E-state index contributed by atoms with van der Waals surface area (Å²) in [6.45, 7) is 5.91. The number of rotatable bonds is 0. The van der Waals surface area contributed by atoms with Gasteiger partial charge in [-0.2, -0.15) is 0 Å². The summed E-state index contributed by atoms with van der Waals surface area (Å²) >= 11 is 0. The van der Waals surface area contributed by atoms with Crippen LogP contribution in [0.4, 0.5) is 0 Å². The zero-order valence-corrected chi connectivity index (χ0v) is 9.32. The van der Waals surface area contributed by atoms with Crippen LogP contribution in [-0.4, -0.2) is 4.68 Å². The molecule has 0 fully saturated rings. The molecule has 3 heteroatoms. The highest BCUT2D eigenvalue weighted by molar-refractivity contribution is 5.84. The lowest BCUT2D eigenvalue weighted by molar-refractivity contribution is 0.952. The Morgan fingerprint density at radius 3 is 2.53 bits per heavy atom. The van der Waals surface area contributed by atoms with Gasteiger partial charge >= 0.3 is 0 Å². The van der Waals surface area contributed by atoms with Crippen LogP contribution in [0.1, 0.15) is 19.4 Å². The lowest BCUT2D eigenvalue weighted by atomic mass is 10.1. The summed E-state index contributed by atoms with van der Waals surface area (Å²) in [6, 6.07) is 7.58. The first-order chi connectivity index (χ1) is 7.20. The standard InChI is InChI=1S/C10H10N2O.C2H6/c1-7-3-2-4-8-5-6-12(11)10(13)9(7)8;1-2/h2-6H,11H2,1H3;1-2H3. The normalized spacial score (nSPS) is 9.53. The molecule has 0 bridgehead atoms. The van der Waals surface area contributed by atoms with Gasteiger partial charge in [0.15, 0.2) is 0 Å². The number of aromatic nitrogens is 1. The van der Waals surface area contributed by atoms with Crippen LogP contribution in [0.5, 0.6) is 0 Å². The van der Waals surface area contributed by atoms with Crippen LogP contribution < -0.4 is 11.4 Å². The van der Waals surface area contributed by atoms with E-state index in [0.29, 0.717) is 5.39 Å². The van der Waals surface area contributed by atoms with E-state index in [1.54, 1.807) is 6.20 Å². The average molecular weight is 204 g/mol. The summed E-state index contributed by atoms with van der Waals surface area (Å²) in [6.07, 6.45) is 1.57. The molecule has 80 valence electrons.